The van der Waals surface area contributed by atoms with Gasteiger partial charge in [0.25, 0.3) is 0 Å². The molecule has 4 aromatic heterocycles. The quantitative estimate of drug-likeness (QED) is 0.170. The maximum absolute atomic E-state index is 6.79. The molecule has 4 heterocycles. The van der Waals surface area contributed by atoms with Crippen LogP contribution in [0.2, 0.25) is 0 Å². The third-order valence-electron chi connectivity index (χ3n) is 11.7. The zero-order valence-electron chi connectivity index (χ0n) is 29.8. The van der Waals surface area contributed by atoms with Gasteiger partial charge in [-0.3, -0.25) is 0 Å². The zero-order chi connectivity index (χ0) is 36.5. The molecule has 9 aromatic carbocycles. The summed E-state index contributed by atoms with van der Waals surface area (Å²) >= 11 is 1.84. The first-order valence-electron chi connectivity index (χ1n) is 18.9. The van der Waals surface area contributed by atoms with Gasteiger partial charge >= 0.3 is 0 Å². The van der Waals surface area contributed by atoms with Crippen molar-refractivity contribution in [3.05, 3.63) is 170 Å². The van der Waals surface area contributed by atoms with E-state index in [4.69, 9.17) is 13.3 Å². The molecule has 0 aliphatic rings. The van der Waals surface area contributed by atoms with Gasteiger partial charge in [-0.05, 0) is 86.3 Å². The van der Waals surface area contributed by atoms with Gasteiger partial charge in [-0.2, -0.15) is 0 Å². The highest BCUT2D eigenvalue weighted by Gasteiger charge is 2.23. The number of para-hydroxylation sites is 2. The second kappa shape index (κ2) is 11.2. The summed E-state index contributed by atoms with van der Waals surface area (Å²) in [5.41, 5.74) is 10.0. The smallest absolute Gasteiger partial charge is 0.179 e. The summed E-state index contributed by atoms with van der Waals surface area (Å²) in [6, 6.07) is 60.7. The molecule has 0 saturated heterocycles. The number of fused-ring (bicyclic) bond motifs is 14. The van der Waals surface area contributed by atoms with Crippen LogP contribution in [0.4, 0.5) is 0 Å². The van der Waals surface area contributed by atoms with Gasteiger partial charge in [0.1, 0.15) is 22.5 Å². The molecular formula is C52H28O3S. The minimum absolute atomic E-state index is 0.742. The van der Waals surface area contributed by atoms with Gasteiger partial charge in [-0.15, -0.1) is 11.3 Å². The summed E-state index contributed by atoms with van der Waals surface area (Å²) < 4.78 is 22.2. The Morgan fingerprint density at radius 3 is 1.64 bits per heavy atom. The van der Waals surface area contributed by atoms with E-state index < -0.39 is 0 Å². The second-order valence-electron chi connectivity index (χ2n) is 14.7. The molecule has 0 radical (unpaired) electrons. The Morgan fingerprint density at radius 2 is 0.911 bits per heavy atom. The topological polar surface area (TPSA) is 39.4 Å². The lowest BCUT2D eigenvalue weighted by molar-refractivity contribution is 0.629. The maximum atomic E-state index is 6.79. The molecule has 0 N–H and O–H groups in total. The highest BCUT2D eigenvalue weighted by atomic mass is 32.1. The molecule has 0 bridgehead atoms. The van der Waals surface area contributed by atoms with Crippen LogP contribution in [0, 0.1) is 0 Å². The average Bonchev–Trinajstić information content (AvgIpc) is 4.04. The Morgan fingerprint density at radius 1 is 0.339 bits per heavy atom. The van der Waals surface area contributed by atoms with E-state index in [1.807, 2.05) is 35.6 Å². The minimum atomic E-state index is 0.742. The number of furan rings is 3. The van der Waals surface area contributed by atoms with E-state index in [2.05, 4.69) is 146 Å². The van der Waals surface area contributed by atoms with E-state index in [0.717, 1.165) is 66.2 Å². The van der Waals surface area contributed by atoms with Crippen molar-refractivity contribution >= 4 is 108 Å². The fraction of sp³-hybridized carbons (Fsp3) is 0. The first-order chi connectivity index (χ1) is 27.8. The molecule has 0 amide bonds. The highest BCUT2D eigenvalue weighted by Crippen LogP contribution is 2.49. The molecule has 0 aliphatic heterocycles. The standard InChI is InChI=1S/C52H28O3S/c1-2-12-29(13-3-1)47-33-15-4-6-17-35(33)48(36-18-7-5-16-34(36)47)30-22-23-32-37-24-25-44-41(52(37)56-46(32)26-30)28-45(53-44)40-27-39-31-14-8-10-20-42(31)54-50(39)51-49(40)38-19-9-11-21-43(38)55-51/h1-28H. The maximum Gasteiger partial charge on any atom is 0.179 e. The zero-order valence-corrected chi connectivity index (χ0v) is 30.6. The van der Waals surface area contributed by atoms with Gasteiger partial charge in [-0.1, -0.05) is 127 Å². The van der Waals surface area contributed by atoms with Crippen molar-refractivity contribution in [3.8, 4) is 33.6 Å². The van der Waals surface area contributed by atoms with Crippen molar-refractivity contribution in [1.82, 2.24) is 0 Å². The Balaban J connectivity index is 1.04. The van der Waals surface area contributed by atoms with Gasteiger partial charge in [0.2, 0.25) is 0 Å². The summed E-state index contributed by atoms with van der Waals surface area (Å²) in [5.74, 6) is 0.811. The third kappa shape index (κ3) is 4.11. The summed E-state index contributed by atoms with van der Waals surface area (Å²) in [6.45, 7) is 0. The molecule has 3 nitrogen and oxygen atoms in total. The van der Waals surface area contributed by atoms with Crippen LogP contribution in [0.5, 0.6) is 0 Å². The van der Waals surface area contributed by atoms with E-state index in [9.17, 15) is 0 Å². The molecule has 13 rings (SSSR count). The monoisotopic (exact) mass is 732 g/mol. The lowest BCUT2D eigenvalue weighted by Crippen LogP contribution is -1.90. The molecule has 0 spiro atoms. The van der Waals surface area contributed by atoms with E-state index in [-0.39, 0.29) is 0 Å². The average molecular weight is 733 g/mol. The van der Waals surface area contributed by atoms with Crippen molar-refractivity contribution < 1.29 is 13.3 Å². The largest absolute Gasteiger partial charge is 0.456 e. The van der Waals surface area contributed by atoms with Gasteiger partial charge in [0.05, 0.1) is 0 Å². The first-order valence-corrected chi connectivity index (χ1v) is 19.7. The van der Waals surface area contributed by atoms with Crippen LogP contribution >= 0.6 is 11.3 Å². The van der Waals surface area contributed by atoms with Crippen molar-refractivity contribution in [2.75, 3.05) is 0 Å². The van der Waals surface area contributed by atoms with Crippen LogP contribution < -0.4 is 0 Å². The molecule has 13 aromatic rings. The molecule has 0 atom stereocenters. The SMILES string of the molecule is c1ccc(-c2c3ccccc3c(-c3ccc4c(c3)sc3c5cc(-c6cc7c8ccccc8oc7c7oc8ccccc8c67)oc5ccc43)c3ccccc23)cc1. The van der Waals surface area contributed by atoms with Crippen molar-refractivity contribution in [3.63, 3.8) is 0 Å². The van der Waals surface area contributed by atoms with Gasteiger partial charge < -0.3 is 13.3 Å². The number of benzene rings is 9. The Bertz CT molecular complexity index is 3710. The Hall–Kier alpha value is -7.14. The van der Waals surface area contributed by atoms with Crippen LogP contribution in [0.25, 0.3) is 130 Å². The normalized spacial score (nSPS) is 12.3. The van der Waals surface area contributed by atoms with Gasteiger partial charge in [-0.25, -0.2) is 0 Å². The molecular weight excluding hydrogens is 705 g/mol. The second-order valence-corrected chi connectivity index (χ2v) is 15.7. The molecule has 56 heavy (non-hydrogen) atoms. The Kier molecular flexibility index (Phi) is 6.04. The van der Waals surface area contributed by atoms with Gasteiger partial charge in [0, 0.05) is 52.7 Å². The number of thiophene rings is 1. The lowest BCUT2D eigenvalue weighted by atomic mass is 9.86. The summed E-state index contributed by atoms with van der Waals surface area (Å²) in [5, 5.41) is 12.7. The molecule has 4 heteroatoms. The minimum Gasteiger partial charge on any atom is -0.456 e. The molecule has 0 aliphatic carbocycles. The molecule has 0 saturated carbocycles. The van der Waals surface area contributed by atoms with Gasteiger partial charge in [0.15, 0.2) is 11.2 Å². The fourth-order valence-electron chi connectivity index (χ4n) is 9.25. The predicted molar refractivity (Wildman–Crippen MR) is 235 cm³/mol. The molecule has 260 valence electrons. The Labute approximate surface area is 323 Å². The van der Waals surface area contributed by atoms with E-state index in [0.29, 0.717) is 0 Å². The van der Waals surface area contributed by atoms with Crippen LogP contribution in [-0.2, 0) is 0 Å². The number of hydrogen-bond acceptors (Lipinski definition) is 4. The van der Waals surface area contributed by atoms with Crippen LogP contribution in [0.15, 0.2) is 183 Å². The van der Waals surface area contributed by atoms with Crippen LogP contribution in [0.3, 0.4) is 0 Å². The fourth-order valence-corrected chi connectivity index (χ4v) is 10.5. The lowest BCUT2D eigenvalue weighted by Gasteiger charge is -2.17. The van der Waals surface area contributed by atoms with Crippen LogP contribution in [-0.4, -0.2) is 0 Å². The summed E-state index contributed by atoms with van der Waals surface area (Å²) in [7, 11) is 0. The number of hydrogen-bond donors (Lipinski definition) is 0. The highest BCUT2D eigenvalue weighted by molar-refractivity contribution is 7.26. The first kappa shape index (κ1) is 30.2. The van der Waals surface area contributed by atoms with E-state index >= 15 is 0 Å². The van der Waals surface area contributed by atoms with Crippen molar-refractivity contribution in [1.29, 1.82) is 0 Å². The third-order valence-corrected chi connectivity index (χ3v) is 12.9. The summed E-state index contributed by atoms with van der Waals surface area (Å²) in [4.78, 5) is 0. The molecule has 0 fully saturated rings. The molecule has 0 unspecified atom stereocenters. The summed E-state index contributed by atoms with van der Waals surface area (Å²) in [6.07, 6.45) is 0. The number of rotatable bonds is 3. The predicted octanol–water partition coefficient (Wildman–Crippen LogP) is 15.9. The van der Waals surface area contributed by atoms with E-state index in [1.165, 1.54) is 64.0 Å². The van der Waals surface area contributed by atoms with Crippen molar-refractivity contribution in [2.45, 2.75) is 0 Å². The van der Waals surface area contributed by atoms with Crippen molar-refractivity contribution in [2.24, 2.45) is 0 Å². The van der Waals surface area contributed by atoms with E-state index in [1.54, 1.807) is 0 Å². The van der Waals surface area contributed by atoms with Crippen LogP contribution in [0.1, 0.15) is 0 Å².